The molecule has 0 aromatic heterocycles. The number of fused-ring (bicyclic) bond motifs is 19. The van der Waals surface area contributed by atoms with Crippen LogP contribution in [0.5, 0.6) is 0 Å². The molecular formula is C71H50Si. The van der Waals surface area contributed by atoms with Gasteiger partial charge in [0.25, 0.3) is 0 Å². The molecule has 1 aliphatic heterocycles. The average molecular weight is 931 g/mol. The molecular weight excluding hydrogens is 881 g/mol. The van der Waals surface area contributed by atoms with Gasteiger partial charge in [-0.1, -0.05) is 209 Å². The van der Waals surface area contributed by atoms with Crippen molar-refractivity contribution in [2.75, 3.05) is 0 Å². The Kier molecular flexibility index (Phi) is 7.81. The molecule has 0 nitrogen and oxygen atoms in total. The van der Waals surface area contributed by atoms with Crippen molar-refractivity contribution in [3.05, 3.63) is 240 Å². The summed E-state index contributed by atoms with van der Waals surface area (Å²) in [5, 5.41) is 13.4. The predicted molar refractivity (Wildman–Crippen MR) is 309 cm³/mol. The molecule has 6 bridgehead atoms. The van der Waals surface area contributed by atoms with Crippen molar-refractivity contribution in [1.82, 2.24) is 0 Å². The van der Waals surface area contributed by atoms with Gasteiger partial charge in [0, 0.05) is 10.8 Å². The van der Waals surface area contributed by atoms with E-state index in [9.17, 15) is 0 Å². The van der Waals surface area contributed by atoms with Gasteiger partial charge in [-0.25, -0.2) is 0 Å². The Morgan fingerprint density at radius 3 is 1.49 bits per heavy atom. The SMILES string of the molecule is CC1(C)c2ccccc2-c2ccc(-c3c4ccc5cc4c(c4cc6c(cc34)-c3ccccc3[Si]6(C)C)-c3ccc4c(c3)C(C)(c3ccc6c(-c7ccccc7)c7ccccc7c-5c6c3)c3ccccc3-4)cc21. The first kappa shape index (κ1) is 40.6. The zero-order valence-electron chi connectivity index (χ0n) is 41.2. The molecule has 3 aliphatic carbocycles. The molecule has 4 aliphatic rings. The summed E-state index contributed by atoms with van der Waals surface area (Å²) >= 11 is 0. The maximum absolute atomic E-state index is 2.67. The molecule has 12 aromatic rings. The van der Waals surface area contributed by atoms with Gasteiger partial charge < -0.3 is 0 Å². The van der Waals surface area contributed by atoms with E-state index >= 15 is 0 Å². The monoisotopic (exact) mass is 930 g/mol. The summed E-state index contributed by atoms with van der Waals surface area (Å²) in [5.74, 6) is 0. The summed E-state index contributed by atoms with van der Waals surface area (Å²) in [6, 6.07) is 82.9. The molecule has 0 saturated carbocycles. The van der Waals surface area contributed by atoms with Crippen LogP contribution in [-0.2, 0) is 10.8 Å². The van der Waals surface area contributed by atoms with Crippen LogP contribution in [0.1, 0.15) is 48.6 Å². The maximum Gasteiger partial charge on any atom is 0.113 e. The summed E-state index contributed by atoms with van der Waals surface area (Å²) in [5.41, 5.74) is 24.8. The van der Waals surface area contributed by atoms with Crippen LogP contribution in [0.3, 0.4) is 0 Å². The summed E-state index contributed by atoms with van der Waals surface area (Å²) in [6.45, 7) is 12.5. The minimum Gasteiger partial charge on any atom is -0.0623 e. The smallest absolute Gasteiger partial charge is 0.0623 e. The van der Waals surface area contributed by atoms with Crippen molar-refractivity contribution in [2.24, 2.45) is 0 Å². The fourth-order valence-corrected chi connectivity index (χ4v) is 17.8. The second-order valence-electron chi connectivity index (χ2n) is 22.4. The summed E-state index contributed by atoms with van der Waals surface area (Å²) < 4.78 is 0. The van der Waals surface area contributed by atoms with Crippen molar-refractivity contribution in [2.45, 2.75) is 44.7 Å². The van der Waals surface area contributed by atoms with Gasteiger partial charge in [-0.3, -0.25) is 0 Å². The standard InChI is InChI=1S/C71H50Si/c1-70(2)60-24-14-11-19-46(60)48-31-27-43(36-62(48)70)68-53-33-29-42-35-56(53)69(59-40-65-55(39-58(59)68)50-21-13-16-26-64(50)72(65,4)5)44-28-32-49-47-20-12-15-25-61(47)71(3,63(49)37-44)45-30-34-54-57(38-45)67(42)52-23-10-9-22-51(52)66(54)41-17-7-6-8-18-41/h6-40H,1-5H3. The van der Waals surface area contributed by atoms with Gasteiger partial charge >= 0.3 is 0 Å². The third kappa shape index (κ3) is 5.02. The van der Waals surface area contributed by atoms with E-state index in [2.05, 4.69) is 246 Å². The molecule has 72 heavy (non-hydrogen) atoms. The average Bonchev–Trinajstić information content (AvgIpc) is 3.91. The van der Waals surface area contributed by atoms with E-state index in [1.807, 2.05) is 0 Å². The first-order valence-corrected chi connectivity index (χ1v) is 28.8. The van der Waals surface area contributed by atoms with Gasteiger partial charge in [0.15, 0.2) is 0 Å². The molecule has 0 fully saturated rings. The highest BCUT2D eigenvalue weighted by Gasteiger charge is 2.43. The molecule has 1 heterocycles. The molecule has 0 radical (unpaired) electrons. The van der Waals surface area contributed by atoms with Crippen molar-refractivity contribution in [3.8, 4) is 77.9 Å². The molecule has 0 spiro atoms. The first-order valence-electron chi connectivity index (χ1n) is 25.8. The highest BCUT2D eigenvalue weighted by atomic mass is 28.3. The predicted octanol–water partition coefficient (Wildman–Crippen LogP) is 17.7. The molecule has 338 valence electrons. The largest absolute Gasteiger partial charge is 0.113 e. The third-order valence-electron chi connectivity index (χ3n) is 18.2. The summed E-state index contributed by atoms with van der Waals surface area (Å²) in [7, 11) is -2.09. The molecule has 1 unspecified atom stereocenters. The van der Waals surface area contributed by atoms with Gasteiger partial charge in [0.1, 0.15) is 8.07 Å². The Labute approximate surface area is 421 Å². The van der Waals surface area contributed by atoms with Gasteiger partial charge in [-0.2, -0.15) is 0 Å². The van der Waals surface area contributed by atoms with Gasteiger partial charge in [-0.05, 0) is 196 Å². The Hall–Kier alpha value is -8.10. The van der Waals surface area contributed by atoms with E-state index in [-0.39, 0.29) is 5.41 Å². The van der Waals surface area contributed by atoms with Crippen LogP contribution in [0.4, 0.5) is 0 Å². The number of hydrogen-bond acceptors (Lipinski definition) is 0. The van der Waals surface area contributed by atoms with Crippen LogP contribution in [0.2, 0.25) is 13.1 Å². The second-order valence-corrected chi connectivity index (χ2v) is 26.7. The summed E-state index contributed by atoms with van der Waals surface area (Å²) in [4.78, 5) is 0. The lowest BCUT2D eigenvalue weighted by atomic mass is 9.72. The zero-order valence-corrected chi connectivity index (χ0v) is 42.2. The third-order valence-corrected chi connectivity index (χ3v) is 21.8. The molecule has 1 heteroatoms. The van der Waals surface area contributed by atoms with E-state index in [4.69, 9.17) is 0 Å². The van der Waals surface area contributed by atoms with E-state index in [0.717, 1.165) is 0 Å². The second kappa shape index (κ2) is 13.9. The molecule has 0 amide bonds. The van der Waals surface area contributed by atoms with Crippen LogP contribution >= 0.6 is 0 Å². The lowest BCUT2D eigenvalue weighted by Gasteiger charge is -2.30. The molecule has 16 rings (SSSR count). The van der Waals surface area contributed by atoms with E-state index in [1.165, 1.54) is 159 Å². The van der Waals surface area contributed by atoms with Crippen LogP contribution in [0, 0.1) is 0 Å². The highest BCUT2D eigenvalue weighted by Crippen LogP contribution is 2.57. The summed E-state index contributed by atoms with van der Waals surface area (Å²) in [6.07, 6.45) is 0. The first-order chi connectivity index (χ1) is 35.1. The molecule has 1 atom stereocenters. The minimum atomic E-state index is -2.09. The Morgan fingerprint density at radius 1 is 0.278 bits per heavy atom. The van der Waals surface area contributed by atoms with Crippen LogP contribution < -0.4 is 10.4 Å². The van der Waals surface area contributed by atoms with E-state index in [0.29, 0.717) is 0 Å². The normalized spacial score (nSPS) is 16.7. The van der Waals surface area contributed by atoms with Gasteiger partial charge in [0.05, 0.1) is 0 Å². The number of benzene rings is 12. The topological polar surface area (TPSA) is 0 Å². The Bertz CT molecular complexity index is 4450. The molecule has 0 saturated heterocycles. The molecule has 12 aromatic carbocycles. The lowest BCUT2D eigenvalue weighted by molar-refractivity contribution is 0.660. The Balaban J connectivity index is 1.11. The van der Waals surface area contributed by atoms with Crippen molar-refractivity contribution in [1.29, 1.82) is 0 Å². The molecule has 0 N–H and O–H groups in total. The lowest BCUT2D eigenvalue weighted by Crippen LogP contribution is -2.49. The van der Waals surface area contributed by atoms with Crippen LogP contribution in [0.15, 0.2) is 212 Å². The quantitative estimate of drug-likeness (QED) is 0.120. The van der Waals surface area contributed by atoms with Crippen molar-refractivity contribution in [3.63, 3.8) is 0 Å². The number of hydrogen-bond donors (Lipinski definition) is 0. The highest BCUT2D eigenvalue weighted by molar-refractivity contribution is 7.04. The number of rotatable bonds is 2. The van der Waals surface area contributed by atoms with Crippen LogP contribution in [0.25, 0.3) is 121 Å². The van der Waals surface area contributed by atoms with Gasteiger partial charge in [0.2, 0.25) is 0 Å². The fourth-order valence-electron chi connectivity index (χ4n) is 14.7. The maximum atomic E-state index is 2.67. The van der Waals surface area contributed by atoms with Gasteiger partial charge in [-0.15, -0.1) is 0 Å². The van der Waals surface area contributed by atoms with Crippen molar-refractivity contribution >= 4 is 61.5 Å². The van der Waals surface area contributed by atoms with Crippen LogP contribution in [-0.4, -0.2) is 8.07 Å². The van der Waals surface area contributed by atoms with E-state index < -0.39 is 13.5 Å². The fraction of sp³-hybridized carbons (Fsp3) is 0.0986. The van der Waals surface area contributed by atoms with E-state index in [1.54, 1.807) is 0 Å². The zero-order chi connectivity index (χ0) is 48.0. The Morgan fingerprint density at radius 2 is 0.750 bits per heavy atom. The minimum absolute atomic E-state index is 0.133. The van der Waals surface area contributed by atoms with Crippen molar-refractivity contribution < 1.29 is 0 Å².